The third-order valence-electron chi connectivity index (χ3n) is 3.75. The fourth-order valence-electron chi connectivity index (χ4n) is 2.31. The Morgan fingerprint density at radius 1 is 1.04 bits per heavy atom. The van der Waals surface area contributed by atoms with E-state index in [1.54, 1.807) is 0 Å². The molecule has 1 N–H and O–H groups in total. The van der Waals surface area contributed by atoms with Gasteiger partial charge in [0.1, 0.15) is 11.6 Å². The van der Waals surface area contributed by atoms with Gasteiger partial charge in [0.05, 0.1) is 11.4 Å². The second kappa shape index (κ2) is 8.36. The molecule has 0 aliphatic heterocycles. The van der Waals surface area contributed by atoms with Gasteiger partial charge >= 0.3 is 0 Å². The number of ketones is 1. The summed E-state index contributed by atoms with van der Waals surface area (Å²) in [6, 6.07) is 8.19. The molecule has 0 heterocycles. The Hall–Kier alpha value is -2.65. The highest BCUT2D eigenvalue weighted by Crippen LogP contribution is 2.12. The largest absolute Gasteiger partial charge is 0.340 e. The summed E-state index contributed by atoms with van der Waals surface area (Å²) >= 11 is 0. The first kappa shape index (κ1) is 20.7. The molecule has 0 radical (unpaired) electrons. The maximum Gasteiger partial charge on any atom is 0.241 e. The van der Waals surface area contributed by atoms with Crippen molar-refractivity contribution in [1.82, 2.24) is 9.62 Å². The molecule has 6 nitrogen and oxygen atoms in total. The molecule has 0 unspecified atom stereocenters. The van der Waals surface area contributed by atoms with E-state index in [0.717, 1.165) is 23.1 Å². The molecule has 0 saturated heterocycles. The number of nitrogens with zero attached hydrogens (tertiary/aromatic N) is 1. The quantitative estimate of drug-likeness (QED) is 0.727. The van der Waals surface area contributed by atoms with Crippen molar-refractivity contribution in [2.24, 2.45) is 0 Å². The molecule has 2 rings (SSSR count). The number of carbonyl (C=O) groups excluding carboxylic acids is 2. The van der Waals surface area contributed by atoms with E-state index in [9.17, 15) is 26.8 Å². The lowest BCUT2D eigenvalue weighted by molar-refractivity contribution is -0.129. The van der Waals surface area contributed by atoms with Gasteiger partial charge in [0.25, 0.3) is 0 Å². The van der Waals surface area contributed by atoms with E-state index in [1.807, 2.05) is 0 Å². The Kier molecular flexibility index (Phi) is 6.40. The van der Waals surface area contributed by atoms with Gasteiger partial charge in [-0.2, -0.15) is 0 Å². The number of Topliss-reactive ketones (excluding diaryl/α,β-unsaturated/α-hetero) is 1. The van der Waals surface area contributed by atoms with Gasteiger partial charge in [0.15, 0.2) is 5.78 Å². The molecule has 0 aromatic heterocycles. The summed E-state index contributed by atoms with van der Waals surface area (Å²) in [5, 5.41) is 0. The Morgan fingerprint density at radius 2 is 1.59 bits per heavy atom. The molecule has 0 aliphatic carbocycles. The number of sulfonamides is 1. The lowest BCUT2D eigenvalue weighted by Gasteiger charge is -2.18. The molecule has 0 spiro atoms. The third kappa shape index (κ3) is 5.66. The van der Waals surface area contributed by atoms with Gasteiger partial charge in [-0.15, -0.1) is 0 Å². The zero-order valence-electron chi connectivity index (χ0n) is 14.7. The number of hydrogen-bond acceptors (Lipinski definition) is 4. The second-order valence-electron chi connectivity index (χ2n) is 5.93. The van der Waals surface area contributed by atoms with Gasteiger partial charge in [0.2, 0.25) is 15.9 Å². The van der Waals surface area contributed by atoms with E-state index in [2.05, 4.69) is 4.72 Å². The van der Waals surface area contributed by atoms with Crippen molar-refractivity contribution in [2.45, 2.75) is 18.4 Å². The summed E-state index contributed by atoms with van der Waals surface area (Å²) in [4.78, 5) is 24.4. The topological polar surface area (TPSA) is 83.5 Å². The van der Waals surface area contributed by atoms with Crippen LogP contribution in [0.3, 0.4) is 0 Å². The molecule has 0 saturated carbocycles. The maximum atomic E-state index is 13.2. The molecular formula is C18H18F2N2O4S. The number of likely N-dealkylation sites (N-methyl/N-ethyl adjacent to an activating group) is 1. The average molecular weight is 396 g/mol. The standard InChI is InChI=1S/C18H18F2N2O4S/c1-12(23)14-3-5-17(6-4-14)27(25,26)21-10-18(24)22(2)11-13-7-15(19)9-16(20)8-13/h3-9,21H,10-11H2,1-2H3. The first-order valence-electron chi connectivity index (χ1n) is 7.88. The summed E-state index contributed by atoms with van der Waals surface area (Å²) in [7, 11) is -2.56. The predicted octanol–water partition coefficient (Wildman–Crippen LogP) is 2.10. The van der Waals surface area contributed by atoms with Crippen molar-refractivity contribution < 1.29 is 26.8 Å². The maximum absolute atomic E-state index is 13.2. The lowest BCUT2D eigenvalue weighted by Crippen LogP contribution is -2.37. The monoisotopic (exact) mass is 396 g/mol. The first-order valence-corrected chi connectivity index (χ1v) is 9.36. The van der Waals surface area contributed by atoms with Crippen LogP contribution in [0.4, 0.5) is 8.78 Å². The number of carbonyl (C=O) groups is 2. The summed E-state index contributed by atoms with van der Waals surface area (Å²) in [6.07, 6.45) is 0. The lowest BCUT2D eigenvalue weighted by atomic mass is 10.2. The van der Waals surface area contributed by atoms with Gasteiger partial charge in [-0.3, -0.25) is 9.59 Å². The number of rotatable bonds is 7. The molecule has 2 aromatic carbocycles. The van der Waals surface area contributed by atoms with Crippen LogP contribution in [-0.4, -0.2) is 38.6 Å². The Labute approximate surface area is 155 Å². The van der Waals surface area contributed by atoms with E-state index in [1.165, 1.54) is 38.2 Å². The molecule has 0 fully saturated rings. The van der Waals surface area contributed by atoms with Gasteiger partial charge in [-0.1, -0.05) is 12.1 Å². The van der Waals surface area contributed by atoms with E-state index in [-0.39, 0.29) is 22.8 Å². The molecule has 1 amide bonds. The number of amides is 1. The minimum Gasteiger partial charge on any atom is -0.340 e. The normalized spacial score (nSPS) is 11.3. The van der Waals surface area contributed by atoms with Crippen molar-refractivity contribution in [3.63, 3.8) is 0 Å². The van der Waals surface area contributed by atoms with Crippen molar-refractivity contribution in [2.75, 3.05) is 13.6 Å². The number of benzene rings is 2. The predicted molar refractivity (Wildman–Crippen MR) is 94.5 cm³/mol. The number of nitrogens with one attached hydrogen (secondary N) is 1. The third-order valence-corrected chi connectivity index (χ3v) is 5.17. The highest BCUT2D eigenvalue weighted by atomic mass is 32.2. The molecular weight excluding hydrogens is 378 g/mol. The van der Waals surface area contributed by atoms with Crippen LogP contribution in [-0.2, 0) is 21.4 Å². The molecule has 0 bridgehead atoms. The molecule has 0 atom stereocenters. The SMILES string of the molecule is CC(=O)c1ccc(S(=O)(=O)NCC(=O)N(C)Cc2cc(F)cc(F)c2)cc1. The van der Waals surface area contributed by atoms with Crippen LogP contribution in [0.25, 0.3) is 0 Å². The fourth-order valence-corrected chi connectivity index (χ4v) is 3.28. The Balaban J connectivity index is 1.99. The molecule has 2 aromatic rings. The van der Waals surface area contributed by atoms with Gasteiger partial charge in [-0.05, 0) is 36.8 Å². The van der Waals surface area contributed by atoms with Gasteiger partial charge in [-0.25, -0.2) is 21.9 Å². The molecule has 0 aliphatic rings. The van der Waals surface area contributed by atoms with Crippen molar-refractivity contribution in [3.8, 4) is 0 Å². The number of halogens is 2. The average Bonchev–Trinajstić information content (AvgIpc) is 2.58. The van der Waals surface area contributed by atoms with Crippen LogP contribution in [0.5, 0.6) is 0 Å². The van der Waals surface area contributed by atoms with E-state index in [4.69, 9.17) is 0 Å². The minimum atomic E-state index is -3.95. The van der Waals surface area contributed by atoms with Crippen LogP contribution in [0, 0.1) is 11.6 Å². The van der Waals surface area contributed by atoms with Crippen LogP contribution in [0.2, 0.25) is 0 Å². The molecule has 144 valence electrons. The minimum absolute atomic E-state index is 0.0808. The Bertz CT molecular complexity index is 940. The fraction of sp³-hybridized carbons (Fsp3) is 0.222. The van der Waals surface area contributed by atoms with Crippen LogP contribution >= 0.6 is 0 Å². The highest BCUT2D eigenvalue weighted by molar-refractivity contribution is 7.89. The van der Waals surface area contributed by atoms with E-state index in [0.29, 0.717) is 5.56 Å². The van der Waals surface area contributed by atoms with Gasteiger partial charge in [0, 0.05) is 25.2 Å². The zero-order chi connectivity index (χ0) is 20.2. The summed E-state index contributed by atoms with van der Waals surface area (Å²) < 4.78 is 53.0. The van der Waals surface area contributed by atoms with E-state index < -0.39 is 34.1 Å². The van der Waals surface area contributed by atoms with E-state index >= 15 is 0 Å². The van der Waals surface area contributed by atoms with Crippen molar-refractivity contribution in [1.29, 1.82) is 0 Å². The number of hydrogen-bond donors (Lipinski definition) is 1. The van der Waals surface area contributed by atoms with Crippen LogP contribution in [0.15, 0.2) is 47.4 Å². The highest BCUT2D eigenvalue weighted by Gasteiger charge is 2.18. The molecule has 9 heteroatoms. The van der Waals surface area contributed by atoms with Crippen molar-refractivity contribution in [3.05, 3.63) is 65.2 Å². The molecule has 27 heavy (non-hydrogen) atoms. The second-order valence-corrected chi connectivity index (χ2v) is 7.70. The summed E-state index contributed by atoms with van der Waals surface area (Å²) in [6.45, 7) is 0.758. The van der Waals surface area contributed by atoms with Crippen LogP contribution < -0.4 is 4.72 Å². The van der Waals surface area contributed by atoms with Crippen molar-refractivity contribution >= 4 is 21.7 Å². The first-order chi connectivity index (χ1) is 12.6. The smallest absolute Gasteiger partial charge is 0.241 e. The van der Waals surface area contributed by atoms with Gasteiger partial charge < -0.3 is 4.90 Å². The van der Waals surface area contributed by atoms with Crippen LogP contribution in [0.1, 0.15) is 22.8 Å². The Morgan fingerprint density at radius 3 is 2.11 bits per heavy atom. The summed E-state index contributed by atoms with van der Waals surface area (Å²) in [5.74, 6) is -2.30. The zero-order valence-corrected chi connectivity index (χ0v) is 15.5. The summed E-state index contributed by atoms with van der Waals surface area (Å²) in [5.41, 5.74) is 0.609.